The molecule has 1 aliphatic carbocycles. The molecule has 2 nitrogen and oxygen atoms in total. The van der Waals surface area contributed by atoms with E-state index in [1.54, 1.807) is 0 Å². The Morgan fingerprint density at radius 2 is 1.80 bits per heavy atom. The molecular formula is C13H16N2. The van der Waals surface area contributed by atoms with Gasteiger partial charge < -0.3 is 4.90 Å². The second-order valence-corrected chi connectivity index (χ2v) is 4.30. The van der Waals surface area contributed by atoms with E-state index in [4.69, 9.17) is 5.26 Å². The van der Waals surface area contributed by atoms with Crippen molar-refractivity contribution in [2.75, 3.05) is 19.0 Å². The highest BCUT2D eigenvalue weighted by molar-refractivity contribution is 5.61. The fourth-order valence-corrected chi connectivity index (χ4v) is 2.37. The second-order valence-electron chi connectivity index (χ2n) is 4.30. The van der Waals surface area contributed by atoms with Crippen LogP contribution >= 0.6 is 0 Å². The SMILES string of the molecule is CN(C)c1ccc(C#N)c2c1CCCC2. The molecule has 0 atom stereocenters. The smallest absolute Gasteiger partial charge is 0.0994 e. The predicted molar refractivity (Wildman–Crippen MR) is 62.1 cm³/mol. The van der Waals surface area contributed by atoms with Crippen molar-refractivity contribution in [3.8, 4) is 6.07 Å². The van der Waals surface area contributed by atoms with Gasteiger partial charge in [-0.05, 0) is 48.9 Å². The normalized spacial score (nSPS) is 14.2. The van der Waals surface area contributed by atoms with E-state index in [2.05, 4.69) is 31.1 Å². The summed E-state index contributed by atoms with van der Waals surface area (Å²) in [7, 11) is 4.13. The molecule has 0 saturated carbocycles. The molecular weight excluding hydrogens is 184 g/mol. The van der Waals surface area contributed by atoms with Crippen LogP contribution in [0.4, 0.5) is 5.69 Å². The van der Waals surface area contributed by atoms with Crippen LogP contribution in [0.2, 0.25) is 0 Å². The Morgan fingerprint density at radius 1 is 1.13 bits per heavy atom. The number of fused-ring (bicyclic) bond motifs is 1. The number of benzene rings is 1. The summed E-state index contributed by atoms with van der Waals surface area (Å²) in [4.78, 5) is 2.14. The van der Waals surface area contributed by atoms with Gasteiger partial charge in [0.25, 0.3) is 0 Å². The number of rotatable bonds is 1. The number of nitriles is 1. The molecule has 15 heavy (non-hydrogen) atoms. The van der Waals surface area contributed by atoms with Crippen LogP contribution < -0.4 is 4.90 Å². The number of hydrogen-bond acceptors (Lipinski definition) is 2. The Morgan fingerprint density at radius 3 is 2.40 bits per heavy atom. The van der Waals surface area contributed by atoms with Gasteiger partial charge in [-0.2, -0.15) is 5.26 Å². The topological polar surface area (TPSA) is 27.0 Å². The molecule has 0 spiro atoms. The molecule has 1 aromatic carbocycles. The van der Waals surface area contributed by atoms with Gasteiger partial charge in [-0.15, -0.1) is 0 Å². The van der Waals surface area contributed by atoms with Gasteiger partial charge in [-0.25, -0.2) is 0 Å². The molecule has 0 N–H and O–H groups in total. The van der Waals surface area contributed by atoms with E-state index >= 15 is 0 Å². The zero-order valence-electron chi connectivity index (χ0n) is 9.38. The minimum atomic E-state index is 0.871. The first-order valence-corrected chi connectivity index (χ1v) is 5.46. The molecule has 0 unspecified atom stereocenters. The summed E-state index contributed by atoms with van der Waals surface area (Å²) < 4.78 is 0. The van der Waals surface area contributed by atoms with Crippen LogP contribution in [0.5, 0.6) is 0 Å². The standard InChI is InChI=1S/C13H16N2/c1-15(2)13-8-7-10(9-14)11-5-3-4-6-12(11)13/h7-8H,3-6H2,1-2H3. The third-order valence-corrected chi connectivity index (χ3v) is 3.11. The molecule has 0 aromatic heterocycles. The van der Waals surface area contributed by atoms with Crippen LogP contribution in [0.15, 0.2) is 12.1 Å². The van der Waals surface area contributed by atoms with Crippen molar-refractivity contribution in [3.05, 3.63) is 28.8 Å². The Labute approximate surface area is 91.1 Å². The Balaban J connectivity index is 2.58. The summed E-state index contributed by atoms with van der Waals surface area (Å²) in [6.45, 7) is 0. The van der Waals surface area contributed by atoms with Gasteiger partial charge in [0.1, 0.15) is 0 Å². The number of hydrogen-bond donors (Lipinski definition) is 0. The lowest BCUT2D eigenvalue weighted by Crippen LogP contribution is -2.15. The fourth-order valence-electron chi connectivity index (χ4n) is 2.37. The molecule has 1 aliphatic rings. The highest BCUT2D eigenvalue weighted by atomic mass is 15.1. The molecule has 0 aliphatic heterocycles. The van der Waals surface area contributed by atoms with E-state index < -0.39 is 0 Å². The third kappa shape index (κ3) is 1.70. The third-order valence-electron chi connectivity index (χ3n) is 3.11. The summed E-state index contributed by atoms with van der Waals surface area (Å²) in [5.41, 5.74) is 4.83. The van der Waals surface area contributed by atoms with Crippen molar-refractivity contribution < 1.29 is 0 Å². The molecule has 78 valence electrons. The number of nitrogens with zero attached hydrogens (tertiary/aromatic N) is 2. The average Bonchev–Trinajstić information content (AvgIpc) is 2.27. The molecule has 0 amide bonds. The van der Waals surface area contributed by atoms with E-state index in [1.807, 2.05) is 6.07 Å². The highest BCUT2D eigenvalue weighted by Gasteiger charge is 2.17. The van der Waals surface area contributed by atoms with Gasteiger partial charge in [0.2, 0.25) is 0 Å². The van der Waals surface area contributed by atoms with E-state index in [1.165, 1.54) is 29.7 Å². The summed E-state index contributed by atoms with van der Waals surface area (Å²) in [5, 5.41) is 9.06. The second kappa shape index (κ2) is 3.94. The molecule has 0 fully saturated rings. The Kier molecular flexibility index (Phi) is 2.64. The van der Waals surface area contributed by atoms with E-state index in [0.717, 1.165) is 18.4 Å². The summed E-state index contributed by atoms with van der Waals surface area (Å²) in [5.74, 6) is 0. The predicted octanol–water partition coefficient (Wildman–Crippen LogP) is 2.50. The molecule has 0 radical (unpaired) electrons. The van der Waals surface area contributed by atoms with Crippen LogP contribution in [0.1, 0.15) is 29.5 Å². The Hall–Kier alpha value is -1.49. The van der Waals surface area contributed by atoms with Gasteiger partial charge in [-0.1, -0.05) is 0 Å². The first kappa shape index (κ1) is 10.0. The van der Waals surface area contributed by atoms with Crippen LogP contribution in [0.3, 0.4) is 0 Å². The molecule has 2 rings (SSSR count). The molecule has 2 heteroatoms. The van der Waals surface area contributed by atoms with Crippen molar-refractivity contribution in [1.82, 2.24) is 0 Å². The largest absolute Gasteiger partial charge is 0.377 e. The van der Waals surface area contributed by atoms with Crippen molar-refractivity contribution >= 4 is 5.69 Å². The zero-order valence-corrected chi connectivity index (χ0v) is 9.38. The molecule has 0 saturated heterocycles. The van der Waals surface area contributed by atoms with Crippen molar-refractivity contribution in [3.63, 3.8) is 0 Å². The van der Waals surface area contributed by atoms with Gasteiger partial charge >= 0.3 is 0 Å². The van der Waals surface area contributed by atoms with E-state index in [9.17, 15) is 0 Å². The zero-order chi connectivity index (χ0) is 10.8. The van der Waals surface area contributed by atoms with Gasteiger partial charge in [0.05, 0.1) is 11.6 Å². The quantitative estimate of drug-likeness (QED) is 0.696. The van der Waals surface area contributed by atoms with Crippen LogP contribution in [0.25, 0.3) is 0 Å². The van der Waals surface area contributed by atoms with Crippen LogP contribution in [-0.4, -0.2) is 14.1 Å². The van der Waals surface area contributed by atoms with Crippen molar-refractivity contribution in [2.45, 2.75) is 25.7 Å². The fraction of sp³-hybridized carbons (Fsp3) is 0.462. The molecule has 0 bridgehead atoms. The van der Waals surface area contributed by atoms with Crippen LogP contribution in [0, 0.1) is 11.3 Å². The number of anilines is 1. The van der Waals surface area contributed by atoms with Gasteiger partial charge in [-0.3, -0.25) is 0 Å². The highest BCUT2D eigenvalue weighted by Crippen LogP contribution is 2.31. The Bertz CT molecular complexity index is 413. The summed E-state index contributed by atoms with van der Waals surface area (Å²) in [6.07, 6.45) is 4.67. The first-order chi connectivity index (χ1) is 7.24. The van der Waals surface area contributed by atoms with Gasteiger partial charge in [0, 0.05) is 19.8 Å². The van der Waals surface area contributed by atoms with E-state index in [-0.39, 0.29) is 0 Å². The first-order valence-electron chi connectivity index (χ1n) is 5.46. The lowest BCUT2D eigenvalue weighted by molar-refractivity contribution is 0.683. The lowest BCUT2D eigenvalue weighted by atomic mass is 9.87. The van der Waals surface area contributed by atoms with Crippen molar-refractivity contribution in [2.24, 2.45) is 0 Å². The van der Waals surface area contributed by atoms with Crippen LogP contribution in [-0.2, 0) is 12.8 Å². The van der Waals surface area contributed by atoms with Crippen molar-refractivity contribution in [1.29, 1.82) is 5.26 Å². The summed E-state index contributed by atoms with van der Waals surface area (Å²) >= 11 is 0. The molecule has 1 aromatic rings. The maximum Gasteiger partial charge on any atom is 0.0994 e. The van der Waals surface area contributed by atoms with Gasteiger partial charge in [0.15, 0.2) is 0 Å². The average molecular weight is 200 g/mol. The monoisotopic (exact) mass is 200 g/mol. The maximum atomic E-state index is 9.06. The molecule has 0 heterocycles. The van der Waals surface area contributed by atoms with E-state index in [0.29, 0.717) is 0 Å². The lowest BCUT2D eigenvalue weighted by Gasteiger charge is -2.24. The minimum Gasteiger partial charge on any atom is -0.377 e. The maximum absolute atomic E-state index is 9.06. The summed E-state index contributed by atoms with van der Waals surface area (Å²) in [6, 6.07) is 6.33. The minimum absolute atomic E-state index is 0.871.